The maximum atomic E-state index is 12.7. The van der Waals surface area contributed by atoms with E-state index in [2.05, 4.69) is 0 Å². The number of carbonyl (C=O) groups excluding carboxylic acids is 2. The number of carbonyl (C=O) groups is 2. The van der Waals surface area contributed by atoms with Gasteiger partial charge in [0.1, 0.15) is 5.54 Å². The van der Waals surface area contributed by atoms with Crippen molar-refractivity contribution in [3.05, 3.63) is 0 Å². The summed E-state index contributed by atoms with van der Waals surface area (Å²) in [6.45, 7) is 0. The number of likely N-dealkylation sites (tertiary alicyclic amines) is 1. The number of piperidine rings is 1. The summed E-state index contributed by atoms with van der Waals surface area (Å²) in [5.41, 5.74) is 5.20. The van der Waals surface area contributed by atoms with E-state index in [9.17, 15) is 9.59 Å². The average molecular weight is 294 g/mol. The van der Waals surface area contributed by atoms with Crippen LogP contribution in [0.5, 0.6) is 0 Å². The van der Waals surface area contributed by atoms with Crippen LogP contribution in [-0.2, 0) is 9.59 Å². The van der Waals surface area contributed by atoms with Crippen LogP contribution < -0.4 is 5.73 Å². The van der Waals surface area contributed by atoms with E-state index in [1.54, 1.807) is 0 Å². The third-order valence-electron chi connectivity index (χ3n) is 5.53. The van der Waals surface area contributed by atoms with Crippen LogP contribution in [-0.4, -0.2) is 27.2 Å². The average Bonchev–Trinajstić information content (AvgIpc) is 2.99. The number of imide groups is 1. The Kier molecular flexibility index (Phi) is 3.35. The summed E-state index contributed by atoms with van der Waals surface area (Å²) >= 11 is 5.21. The van der Waals surface area contributed by atoms with Gasteiger partial charge in [-0.3, -0.25) is 14.5 Å². The van der Waals surface area contributed by atoms with Crippen molar-refractivity contribution in [2.24, 2.45) is 11.1 Å². The topological polar surface area (TPSA) is 63.4 Å². The van der Waals surface area contributed by atoms with E-state index in [-0.39, 0.29) is 17.2 Å². The highest BCUT2D eigenvalue weighted by molar-refractivity contribution is 7.80. The molecule has 1 spiro atoms. The number of hydrogen-bond donors (Lipinski definition) is 1. The van der Waals surface area contributed by atoms with Gasteiger partial charge in [-0.1, -0.05) is 37.9 Å². The summed E-state index contributed by atoms with van der Waals surface area (Å²) in [5.74, 6) is -0.0873. The van der Waals surface area contributed by atoms with Gasteiger partial charge in [0.05, 0.1) is 4.99 Å². The molecule has 4 nitrogen and oxygen atoms in total. The highest BCUT2D eigenvalue weighted by Gasteiger charge is 2.53. The van der Waals surface area contributed by atoms with E-state index in [1.165, 1.54) is 4.90 Å². The van der Waals surface area contributed by atoms with Gasteiger partial charge in [0.15, 0.2) is 0 Å². The SMILES string of the molecule is NC(=S)C1(N2C(=O)CC3(CCCC3)CC2=O)CCCC1. The number of nitrogens with zero attached hydrogens (tertiary/aromatic N) is 1. The van der Waals surface area contributed by atoms with Gasteiger partial charge in [-0.15, -0.1) is 0 Å². The molecule has 20 heavy (non-hydrogen) atoms. The molecule has 0 aromatic carbocycles. The number of amides is 2. The zero-order valence-corrected chi connectivity index (χ0v) is 12.6. The molecule has 3 fully saturated rings. The third-order valence-corrected chi connectivity index (χ3v) is 5.91. The van der Waals surface area contributed by atoms with Crippen LogP contribution in [0.4, 0.5) is 0 Å². The Labute approximate surface area is 125 Å². The van der Waals surface area contributed by atoms with Crippen molar-refractivity contribution in [1.29, 1.82) is 0 Å². The molecule has 0 atom stereocenters. The molecule has 2 N–H and O–H groups in total. The molecule has 0 bridgehead atoms. The molecule has 3 aliphatic rings. The molecule has 2 saturated carbocycles. The number of nitrogens with two attached hydrogens (primary N) is 1. The van der Waals surface area contributed by atoms with Crippen molar-refractivity contribution in [3.8, 4) is 0 Å². The Bertz CT molecular complexity index is 442. The zero-order valence-electron chi connectivity index (χ0n) is 11.8. The maximum Gasteiger partial charge on any atom is 0.230 e. The van der Waals surface area contributed by atoms with Crippen molar-refractivity contribution in [2.45, 2.75) is 69.7 Å². The third kappa shape index (κ3) is 1.98. The van der Waals surface area contributed by atoms with Crippen molar-refractivity contribution in [2.75, 3.05) is 0 Å². The smallest absolute Gasteiger partial charge is 0.230 e. The fourth-order valence-electron chi connectivity index (χ4n) is 4.50. The maximum absolute atomic E-state index is 12.7. The van der Waals surface area contributed by atoms with Crippen molar-refractivity contribution in [1.82, 2.24) is 4.90 Å². The molecule has 0 unspecified atom stereocenters. The van der Waals surface area contributed by atoms with Gasteiger partial charge in [0, 0.05) is 12.8 Å². The van der Waals surface area contributed by atoms with Gasteiger partial charge in [0.2, 0.25) is 11.8 Å². The van der Waals surface area contributed by atoms with Crippen LogP contribution in [0, 0.1) is 5.41 Å². The molecule has 2 aliphatic carbocycles. The van der Waals surface area contributed by atoms with E-state index in [0.29, 0.717) is 17.8 Å². The first-order valence-electron chi connectivity index (χ1n) is 7.65. The Hall–Kier alpha value is -0.970. The molecule has 2 amide bonds. The first-order chi connectivity index (χ1) is 9.49. The fraction of sp³-hybridized carbons (Fsp3) is 0.800. The standard InChI is InChI=1S/C15H22N2O2S/c16-13(20)15(7-3-4-8-15)17-11(18)9-14(10-12(17)19)5-1-2-6-14/h1-10H2,(H2,16,20). The van der Waals surface area contributed by atoms with Gasteiger partial charge in [0.25, 0.3) is 0 Å². The molecule has 3 rings (SSSR count). The molecule has 0 aromatic heterocycles. The lowest BCUT2D eigenvalue weighted by Crippen LogP contribution is -2.62. The monoisotopic (exact) mass is 294 g/mol. The fourth-order valence-corrected chi connectivity index (χ4v) is 4.79. The molecular formula is C15H22N2O2S. The van der Waals surface area contributed by atoms with Gasteiger partial charge in [-0.2, -0.15) is 0 Å². The van der Waals surface area contributed by atoms with E-state index >= 15 is 0 Å². The van der Waals surface area contributed by atoms with E-state index in [1.807, 2.05) is 0 Å². The van der Waals surface area contributed by atoms with Crippen LogP contribution in [0.2, 0.25) is 0 Å². The molecule has 1 aliphatic heterocycles. The second-order valence-corrected chi connectivity index (χ2v) is 7.23. The van der Waals surface area contributed by atoms with Crippen LogP contribution in [0.15, 0.2) is 0 Å². The summed E-state index contributed by atoms with van der Waals surface area (Å²) in [5, 5.41) is 0. The first kappa shape index (κ1) is 14.0. The van der Waals surface area contributed by atoms with Crippen LogP contribution in [0.1, 0.15) is 64.2 Å². The molecular weight excluding hydrogens is 272 g/mol. The van der Waals surface area contributed by atoms with Gasteiger partial charge < -0.3 is 5.73 Å². The van der Waals surface area contributed by atoms with Gasteiger partial charge in [-0.25, -0.2) is 0 Å². The summed E-state index contributed by atoms with van der Waals surface area (Å²) in [6.07, 6.45) is 8.77. The van der Waals surface area contributed by atoms with Crippen LogP contribution in [0.3, 0.4) is 0 Å². The summed E-state index contributed by atoms with van der Waals surface area (Å²) in [6, 6.07) is 0. The highest BCUT2D eigenvalue weighted by Crippen LogP contribution is 2.49. The quantitative estimate of drug-likeness (QED) is 0.627. The van der Waals surface area contributed by atoms with Crippen LogP contribution in [0.25, 0.3) is 0 Å². The lowest BCUT2D eigenvalue weighted by Gasteiger charge is -2.45. The van der Waals surface area contributed by atoms with E-state index in [0.717, 1.165) is 51.4 Å². The Morgan fingerprint density at radius 3 is 1.85 bits per heavy atom. The molecule has 0 radical (unpaired) electrons. The first-order valence-corrected chi connectivity index (χ1v) is 8.06. The summed E-state index contributed by atoms with van der Waals surface area (Å²) in [4.78, 5) is 27.1. The molecule has 110 valence electrons. The second-order valence-electron chi connectivity index (χ2n) is 6.79. The number of thiocarbonyl (C=S) groups is 1. The van der Waals surface area contributed by atoms with E-state index in [4.69, 9.17) is 18.0 Å². The van der Waals surface area contributed by atoms with Crippen LogP contribution >= 0.6 is 12.2 Å². The Morgan fingerprint density at radius 2 is 1.40 bits per heavy atom. The van der Waals surface area contributed by atoms with Gasteiger partial charge in [-0.05, 0) is 31.1 Å². The lowest BCUT2D eigenvalue weighted by atomic mass is 9.75. The zero-order chi connectivity index (χ0) is 14.4. The second kappa shape index (κ2) is 4.79. The number of rotatable bonds is 2. The van der Waals surface area contributed by atoms with Crippen molar-refractivity contribution < 1.29 is 9.59 Å². The minimum absolute atomic E-state index is 0.0437. The molecule has 0 aromatic rings. The summed E-state index contributed by atoms with van der Waals surface area (Å²) in [7, 11) is 0. The molecule has 5 heteroatoms. The normalized spacial score (nSPS) is 28.3. The minimum atomic E-state index is -0.663. The lowest BCUT2D eigenvalue weighted by molar-refractivity contribution is -0.158. The molecule has 1 heterocycles. The largest absolute Gasteiger partial charge is 0.391 e. The predicted molar refractivity (Wildman–Crippen MR) is 80.0 cm³/mol. The van der Waals surface area contributed by atoms with E-state index < -0.39 is 5.54 Å². The van der Waals surface area contributed by atoms with Gasteiger partial charge >= 0.3 is 0 Å². The predicted octanol–water partition coefficient (Wildman–Crippen LogP) is 2.29. The number of hydrogen-bond acceptors (Lipinski definition) is 3. The Morgan fingerprint density at radius 1 is 0.950 bits per heavy atom. The molecule has 1 saturated heterocycles. The Balaban J connectivity index is 1.89. The summed E-state index contributed by atoms with van der Waals surface area (Å²) < 4.78 is 0. The minimum Gasteiger partial charge on any atom is -0.391 e. The van der Waals surface area contributed by atoms with Crippen molar-refractivity contribution >= 4 is 29.0 Å². The highest BCUT2D eigenvalue weighted by atomic mass is 32.1. The van der Waals surface area contributed by atoms with Crippen molar-refractivity contribution in [3.63, 3.8) is 0 Å².